The number of nitrogens with two attached hydrogens (primary N) is 1. The minimum atomic E-state index is -3.15. The molecule has 0 amide bonds. The van der Waals surface area contributed by atoms with E-state index < -0.39 is 15.6 Å². The highest BCUT2D eigenvalue weighted by atomic mass is 32.2. The Balaban J connectivity index is 1.52. The van der Waals surface area contributed by atoms with Gasteiger partial charge in [-0.1, -0.05) is 24.3 Å². The third-order valence-electron chi connectivity index (χ3n) is 5.73. The lowest BCUT2D eigenvalue weighted by molar-refractivity contribution is 0.171. The van der Waals surface area contributed by atoms with Gasteiger partial charge >= 0.3 is 0 Å². The molecule has 1 saturated carbocycles. The van der Waals surface area contributed by atoms with Gasteiger partial charge in [0.2, 0.25) is 15.9 Å². The Bertz CT molecular complexity index is 1070. The number of sulfonamides is 1. The van der Waals surface area contributed by atoms with E-state index >= 15 is 0 Å². The number of aromatic nitrogens is 2. The first-order valence-corrected chi connectivity index (χ1v) is 12.0. The molecule has 0 saturated heterocycles. The third-order valence-corrected chi connectivity index (χ3v) is 6.49. The van der Waals surface area contributed by atoms with Gasteiger partial charge in [0.15, 0.2) is 11.5 Å². The minimum Gasteiger partial charge on any atom is -0.463 e. The molecule has 0 radical (unpaired) electrons. The van der Waals surface area contributed by atoms with Crippen molar-refractivity contribution in [3.05, 3.63) is 41.7 Å². The number of anilines is 1. The molecule has 9 heteroatoms. The van der Waals surface area contributed by atoms with Crippen molar-refractivity contribution in [1.29, 1.82) is 0 Å². The van der Waals surface area contributed by atoms with Gasteiger partial charge in [0.1, 0.15) is 11.9 Å². The Morgan fingerprint density at radius 1 is 1.10 bits per heavy atom. The van der Waals surface area contributed by atoms with Crippen LogP contribution in [0.2, 0.25) is 0 Å². The topological polar surface area (TPSA) is 120 Å². The van der Waals surface area contributed by atoms with Crippen LogP contribution in [0.1, 0.15) is 56.6 Å². The van der Waals surface area contributed by atoms with E-state index in [1.54, 1.807) is 0 Å². The molecule has 30 heavy (non-hydrogen) atoms. The molecule has 8 nitrogen and oxygen atoms in total. The van der Waals surface area contributed by atoms with Crippen molar-refractivity contribution in [3.8, 4) is 5.88 Å². The minimum absolute atomic E-state index is 0.0396. The van der Waals surface area contributed by atoms with Gasteiger partial charge in [-0.15, -0.1) is 0 Å². The molecule has 0 atom stereocenters. The summed E-state index contributed by atoms with van der Waals surface area (Å²) >= 11 is 0. The fraction of sp³-hybridized carbons (Fsp3) is 0.476. The van der Waals surface area contributed by atoms with Gasteiger partial charge in [0.25, 0.3) is 0 Å². The summed E-state index contributed by atoms with van der Waals surface area (Å²) in [5.74, 6) is 1.12. The maximum atomic E-state index is 11.4. The zero-order valence-corrected chi connectivity index (χ0v) is 18.2. The van der Waals surface area contributed by atoms with E-state index in [1.807, 2.05) is 13.8 Å². The van der Waals surface area contributed by atoms with Crippen molar-refractivity contribution in [3.63, 3.8) is 0 Å². The average molecular weight is 430 g/mol. The van der Waals surface area contributed by atoms with Crippen LogP contribution in [0.25, 0.3) is 0 Å². The van der Waals surface area contributed by atoms with Gasteiger partial charge in [-0.2, -0.15) is 4.98 Å². The number of nitrogens with zero attached hydrogens (tertiary/aromatic N) is 3. The number of ether oxygens (including phenoxy) is 1. The first-order chi connectivity index (χ1) is 14.1. The normalized spacial score (nSPS) is 23.2. The van der Waals surface area contributed by atoms with Crippen LogP contribution in [0.3, 0.4) is 0 Å². The van der Waals surface area contributed by atoms with Crippen LogP contribution in [-0.2, 0) is 10.0 Å². The van der Waals surface area contributed by atoms with Crippen molar-refractivity contribution < 1.29 is 13.2 Å². The van der Waals surface area contributed by atoms with Gasteiger partial charge in [-0.3, -0.25) is 0 Å². The number of hydrogen-bond donors (Lipinski definition) is 2. The predicted molar refractivity (Wildman–Crippen MR) is 117 cm³/mol. The lowest BCUT2D eigenvalue weighted by Crippen LogP contribution is -2.41. The number of fused-ring (bicyclic) bond motifs is 1. The van der Waals surface area contributed by atoms with Crippen LogP contribution >= 0.6 is 0 Å². The highest BCUT2D eigenvalue weighted by molar-refractivity contribution is 7.88. The number of rotatable bonds is 4. The lowest BCUT2D eigenvalue weighted by atomic mass is 9.81. The fourth-order valence-electron chi connectivity index (χ4n) is 4.26. The third kappa shape index (κ3) is 4.32. The maximum absolute atomic E-state index is 11.4. The van der Waals surface area contributed by atoms with Crippen LogP contribution in [0, 0.1) is 0 Å². The van der Waals surface area contributed by atoms with Crippen LogP contribution in [0.15, 0.2) is 35.6 Å². The molecule has 0 spiro atoms. The Kier molecular flexibility index (Phi) is 5.27. The van der Waals surface area contributed by atoms with Crippen molar-refractivity contribution in [2.45, 2.75) is 57.1 Å². The van der Waals surface area contributed by atoms with E-state index in [1.165, 1.54) is 18.1 Å². The quantitative estimate of drug-likeness (QED) is 0.771. The molecule has 0 bridgehead atoms. The Morgan fingerprint density at radius 2 is 1.77 bits per heavy atom. The second-order valence-electron chi connectivity index (χ2n) is 8.55. The van der Waals surface area contributed by atoms with E-state index in [0.29, 0.717) is 23.3 Å². The maximum Gasteiger partial charge on any atom is 0.246 e. The van der Waals surface area contributed by atoms with Crippen LogP contribution in [0.4, 0.5) is 11.5 Å². The Hall–Kier alpha value is -2.52. The van der Waals surface area contributed by atoms with Gasteiger partial charge in [0.05, 0.1) is 12.0 Å². The number of nitrogen functional groups attached to an aromatic ring is 1. The summed E-state index contributed by atoms with van der Waals surface area (Å²) in [4.78, 5) is 12.9. The molecule has 2 aliphatic rings. The SMILES string of the molecule is CC1(C)Oc2ncnc(N)c2N=C1c1ccc([C@H]2CC[C@H](NS(C)(=O)=O)CC2)cc1. The van der Waals surface area contributed by atoms with Crippen LogP contribution in [-0.4, -0.2) is 42.0 Å². The molecule has 160 valence electrons. The molecule has 0 unspecified atom stereocenters. The smallest absolute Gasteiger partial charge is 0.246 e. The number of hydrogen-bond acceptors (Lipinski definition) is 7. The second kappa shape index (κ2) is 7.63. The molecule has 3 N–H and O–H groups in total. The van der Waals surface area contributed by atoms with Crippen LogP contribution < -0.4 is 15.2 Å². The summed E-state index contributed by atoms with van der Waals surface area (Å²) in [5.41, 5.74) is 8.78. The summed E-state index contributed by atoms with van der Waals surface area (Å²) in [6.45, 7) is 3.91. The lowest BCUT2D eigenvalue weighted by Gasteiger charge is -2.32. The summed E-state index contributed by atoms with van der Waals surface area (Å²) < 4.78 is 31.7. The van der Waals surface area contributed by atoms with E-state index in [2.05, 4.69) is 39.0 Å². The first-order valence-electron chi connectivity index (χ1n) is 10.1. The van der Waals surface area contributed by atoms with Crippen molar-refractivity contribution in [2.75, 3.05) is 12.0 Å². The molecule has 1 fully saturated rings. The summed E-state index contributed by atoms with van der Waals surface area (Å²) in [6.07, 6.45) is 6.22. The highest BCUT2D eigenvalue weighted by Crippen LogP contribution is 2.39. The molecular weight excluding hydrogens is 402 g/mol. The predicted octanol–water partition coefficient (Wildman–Crippen LogP) is 2.93. The van der Waals surface area contributed by atoms with E-state index in [9.17, 15) is 8.42 Å². The highest BCUT2D eigenvalue weighted by Gasteiger charge is 2.35. The number of aliphatic imine (C=N–C) groups is 1. The second-order valence-corrected chi connectivity index (χ2v) is 10.3. The summed E-state index contributed by atoms with van der Waals surface area (Å²) in [5, 5.41) is 0. The summed E-state index contributed by atoms with van der Waals surface area (Å²) in [7, 11) is -3.15. The average Bonchev–Trinajstić information content (AvgIpc) is 2.67. The summed E-state index contributed by atoms with van der Waals surface area (Å²) in [6, 6.07) is 8.42. The van der Waals surface area contributed by atoms with Gasteiger partial charge < -0.3 is 10.5 Å². The number of nitrogens with one attached hydrogen (secondary N) is 1. The zero-order chi connectivity index (χ0) is 21.5. The zero-order valence-electron chi connectivity index (χ0n) is 17.4. The van der Waals surface area contributed by atoms with E-state index in [4.69, 9.17) is 15.5 Å². The standard InChI is InChI=1S/C21H27N5O3S/c1-21(2)18(25-17-19(22)23-12-24-20(17)29-21)15-6-4-13(5-7-15)14-8-10-16(11-9-14)26-30(3,27)28/h4-7,12,14,16,26H,8-11H2,1-3H3,(H2,22,23,24)/t14-,16-. The van der Waals surface area contributed by atoms with Crippen LogP contribution in [0.5, 0.6) is 5.88 Å². The molecule has 4 rings (SSSR count). The largest absolute Gasteiger partial charge is 0.463 e. The molecular formula is C21H27N5O3S. The van der Waals surface area contributed by atoms with Crippen molar-refractivity contribution in [1.82, 2.24) is 14.7 Å². The van der Waals surface area contributed by atoms with Crippen molar-refractivity contribution in [2.24, 2.45) is 4.99 Å². The fourth-order valence-corrected chi connectivity index (χ4v) is 5.11. The van der Waals surface area contributed by atoms with E-state index in [0.717, 1.165) is 37.0 Å². The van der Waals surface area contributed by atoms with Gasteiger partial charge in [-0.05, 0) is 51.0 Å². The molecule has 1 aromatic heterocycles. The van der Waals surface area contributed by atoms with Crippen molar-refractivity contribution >= 4 is 27.2 Å². The molecule has 1 aromatic carbocycles. The molecule has 2 aromatic rings. The van der Waals surface area contributed by atoms with E-state index in [-0.39, 0.29) is 6.04 Å². The number of benzene rings is 1. The van der Waals surface area contributed by atoms with Gasteiger partial charge in [0, 0.05) is 11.6 Å². The molecule has 1 aliphatic heterocycles. The Labute approximate surface area is 177 Å². The Morgan fingerprint density at radius 3 is 2.40 bits per heavy atom. The van der Waals surface area contributed by atoms with Gasteiger partial charge in [-0.25, -0.2) is 23.1 Å². The monoisotopic (exact) mass is 429 g/mol. The first kappa shape index (κ1) is 20.7. The molecule has 2 heterocycles. The molecule has 1 aliphatic carbocycles.